The van der Waals surface area contributed by atoms with Crippen molar-refractivity contribution in [1.82, 2.24) is 10.3 Å². The van der Waals surface area contributed by atoms with Crippen molar-refractivity contribution in [2.24, 2.45) is 0 Å². The van der Waals surface area contributed by atoms with E-state index in [1.165, 1.54) is 12.8 Å². The molecule has 1 heterocycles. The number of hydrogen-bond acceptors (Lipinski definition) is 2. The second-order valence-electron chi connectivity index (χ2n) is 4.56. The van der Waals surface area contributed by atoms with Gasteiger partial charge in [0, 0.05) is 11.7 Å². The van der Waals surface area contributed by atoms with Crippen LogP contribution in [0.25, 0.3) is 0 Å². The Balaban J connectivity index is 2.11. The van der Waals surface area contributed by atoms with Gasteiger partial charge in [0.2, 0.25) is 0 Å². The van der Waals surface area contributed by atoms with Gasteiger partial charge in [0.05, 0.1) is 5.56 Å². The molecular weight excluding hydrogens is 224 g/mol. The van der Waals surface area contributed by atoms with Crippen LogP contribution in [0.15, 0.2) is 18.3 Å². The first-order valence-corrected chi connectivity index (χ1v) is 5.92. The molecule has 16 heavy (non-hydrogen) atoms. The van der Waals surface area contributed by atoms with E-state index in [0.717, 1.165) is 12.8 Å². The van der Waals surface area contributed by atoms with Crippen LogP contribution in [-0.2, 0) is 0 Å². The zero-order valence-electron chi connectivity index (χ0n) is 9.29. The minimum absolute atomic E-state index is 0.0732. The quantitative estimate of drug-likeness (QED) is 0.805. The minimum atomic E-state index is -0.123. The average molecular weight is 239 g/mol. The van der Waals surface area contributed by atoms with Crippen LogP contribution < -0.4 is 5.32 Å². The predicted octanol–water partition coefficient (Wildman–Crippen LogP) is 2.80. The maximum Gasteiger partial charge on any atom is 0.254 e. The van der Waals surface area contributed by atoms with E-state index in [9.17, 15) is 4.79 Å². The lowest BCUT2D eigenvalue weighted by Crippen LogP contribution is -2.43. The van der Waals surface area contributed by atoms with Crippen LogP contribution in [0.5, 0.6) is 0 Å². The fourth-order valence-electron chi connectivity index (χ4n) is 2.18. The number of carbonyl (C=O) groups excluding carboxylic acids is 1. The number of nitrogens with one attached hydrogen (secondary N) is 1. The maximum absolute atomic E-state index is 12.0. The molecule has 1 amide bonds. The largest absolute Gasteiger partial charge is 0.347 e. The van der Waals surface area contributed by atoms with Crippen LogP contribution in [0.2, 0.25) is 5.15 Å². The van der Waals surface area contributed by atoms with Crippen molar-refractivity contribution in [3.8, 4) is 0 Å². The van der Waals surface area contributed by atoms with E-state index in [0.29, 0.717) is 5.56 Å². The first-order valence-electron chi connectivity index (χ1n) is 5.54. The average Bonchev–Trinajstić information content (AvgIpc) is 2.65. The molecule has 0 saturated heterocycles. The fraction of sp³-hybridized carbons (Fsp3) is 0.500. The van der Waals surface area contributed by atoms with E-state index in [1.54, 1.807) is 18.3 Å². The molecule has 1 fully saturated rings. The van der Waals surface area contributed by atoms with E-state index in [1.807, 2.05) is 0 Å². The van der Waals surface area contributed by atoms with Gasteiger partial charge in [-0.1, -0.05) is 24.4 Å². The third-order valence-corrected chi connectivity index (χ3v) is 3.43. The van der Waals surface area contributed by atoms with Crippen LogP contribution >= 0.6 is 11.6 Å². The number of hydrogen-bond donors (Lipinski definition) is 1. The molecule has 86 valence electrons. The summed E-state index contributed by atoms with van der Waals surface area (Å²) in [4.78, 5) is 15.9. The fourth-order valence-corrected chi connectivity index (χ4v) is 2.38. The Bertz CT molecular complexity index is 400. The second-order valence-corrected chi connectivity index (χ2v) is 4.92. The van der Waals surface area contributed by atoms with E-state index in [-0.39, 0.29) is 16.6 Å². The first kappa shape index (κ1) is 11.4. The van der Waals surface area contributed by atoms with Crippen LogP contribution in [0.1, 0.15) is 43.0 Å². The molecule has 0 aromatic carbocycles. The van der Waals surface area contributed by atoms with Crippen molar-refractivity contribution in [3.05, 3.63) is 29.0 Å². The Hall–Kier alpha value is -1.09. The Labute approximate surface area is 100 Å². The SMILES string of the molecule is CC1(NC(=O)c2cccnc2Cl)CCCC1. The molecular formula is C12H15ClN2O. The Kier molecular flexibility index (Phi) is 3.15. The number of aromatic nitrogens is 1. The zero-order chi connectivity index (χ0) is 11.6. The van der Waals surface area contributed by atoms with Gasteiger partial charge >= 0.3 is 0 Å². The molecule has 1 aromatic rings. The van der Waals surface area contributed by atoms with E-state index < -0.39 is 0 Å². The number of halogens is 1. The number of carbonyl (C=O) groups is 1. The van der Waals surface area contributed by atoms with Crippen molar-refractivity contribution < 1.29 is 4.79 Å². The summed E-state index contributed by atoms with van der Waals surface area (Å²) >= 11 is 5.88. The molecule has 1 N–H and O–H groups in total. The van der Waals surface area contributed by atoms with Gasteiger partial charge < -0.3 is 5.32 Å². The lowest BCUT2D eigenvalue weighted by molar-refractivity contribution is 0.0908. The first-order chi connectivity index (χ1) is 7.61. The molecule has 0 spiro atoms. The highest BCUT2D eigenvalue weighted by atomic mass is 35.5. The van der Waals surface area contributed by atoms with Crippen molar-refractivity contribution in [3.63, 3.8) is 0 Å². The summed E-state index contributed by atoms with van der Waals surface area (Å²) in [5, 5.41) is 3.31. The summed E-state index contributed by atoms with van der Waals surface area (Å²) < 4.78 is 0. The maximum atomic E-state index is 12.0. The van der Waals surface area contributed by atoms with Crippen molar-refractivity contribution >= 4 is 17.5 Å². The number of nitrogens with zero attached hydrogens (tertiary/aromatic N) is 1. The number of rotatable bonds is 2. The highest BCUT2D eigenvalue weighted by Gasteiger charge is 2.30. The van der Waals surface area contributed by atoms with Gasteiger partial charge in [0.15, 0.2) is 0 Å². The lowest BCUT2D eigenvalue weighted by atomic mass is 10.0. The van der Waals surface area contributed by atoms with Crippen LogP contribution in [0, 0.1) is 0 Å². The second kappa shape index (κ2) is 4.42. The molecule has 0 aliphatic heterocycles. The van der Waals surface area contributed by atoms with Gasteiger partial charge in [0.1, 0.15) is 5.15 Å². The van der Waals surface area contributed by atoms with Crippen molar-refractivity contribution in [1.29, 1.82) is 0 Å². The van der Waals surface area contributed by atoms with Crippen LogP contribution in [0.4, 0.5) is 0 Å². The Morgan fingerprint density at radius 3 is 2.81 bits per heavy atom. The molecule has 1 aliphatic carbocycles. The molecule has 0 radical (unpaired) electrons. The molecule has 4 heteroatoms. The smallest absolute Gasteiger partial charge is 0.254 e. The molecule has 1 aromatic heterocycles. The lowest BCUT2D eigenvalue weighted by Gasteiger charge is -2.25. The van der Waals surface area contributed by atoms with E-state index in [2.05, 4.69) is 17.2 Å². The third kappa shape index (κ3) is 2.35. The van der Waals surface area contributed by atoms with Crippen molar-refractivity contribution in [2.45, 2.75) is 38.1 Å². The number of pyridine rings is 1. The summed E-state index contributed by atoms with van der Waals surface area (Å²) in [6.45, 7) is 2.09. The normalized spacial score (nSPS) is 18.4. The molecule has 0 bridgehead atoms. The number of amides is 1. The third-order valence-electron chi connectivity index (χ3n) is 3.13. The zero-order valence-corrected chi connectivity index (χ0v) is 10.0. The van der Waals surface area contributed by atoms with Gasteiger partial charge in [-0.15, -0.1) is 0 Å². The predicted molar refractivity (Wildman–Crippen MR) is 63.6 cm³/mol. The summed E-state index contributed by atoms with van der Waals surface area (Å²) in [6, 6.07) is 3.42. The minimum Gasteiger partial charge on any atom is -0.347 e. The molecule has 3 nitrogen and oxygen atoms in total. The summed E-state index contributed by atoms with van der Waals surface area (Å²) in [7, 11) is 0. The van der Waals surface area contributed by atoms with Gasteiger partial charge in [-0.3, -0.25) is 4.79 Å². The Morgan fingerprint density at radius 1 is 1.50 bits per heavy atom. The van der Waals surface area contributed by atoms with Gasteiger partial charge in [-0.05, 0) is 31.9 Å². The van der Waals surface area contributed by atoms with Gasteiger partial charge in [-0.2, -0.15) is 0 Å². The van der Waals surface area contributed by atoms with Crippen LogP contribution in [0.3, 0.4) is 0 Å². The molecule has 0 unspecified atom stereocenters. The van der Waals surface area contributed by atoms with Gasteiger partial charge in [0.25, 0.3) is 5.91 Å². The van der Waals surface area contributed by atoms with E-state index in [4.69, 9.17) is 11.6 Å². The monoisotopic (exact) mass is 238 g/mol. The molecule has 0 atom stereocenters. The standard InChI is InChI=1S/C12H15ClN2O/c1-12(6-2-3-7-12)15-11(16)9-5-4-8-14-10(9)13/h4-5,8H,2-3,6-7H2,1H3,(H,15,16). The highest BCUT2D eigenvalue weighted by Crippen LogP contribution is 2.29. The summed E-state index contributed by atoms with van der Waals surface area (Å²) in [5.41, 5.74) is 0.383. The van der Waals surface area contributed by atoms with Gasteiger partial charge in [-0.25, -0.2) is 4.98 Å². The van der Waals surface area contributed by atoms with E-state index >= 15 is 0 Å². The Morgan fingerprint density at radius 2 is 2.19 bits per heavy atom. The molecule has 2 rings (SSSR count). The highest BCUT2D eigenvalue weighted by molar-refractivity contribution is 6.32. The molecule has 1 aliphatic rings. The topological polar surface area (TPSA) is 42.0 Å². The van der Waals surface area contributed by atoms with Crippen LogP contribution in [-0.4, -0.2) is 16.4 Å². The summed E-state index contributed by atoms with van der Waals surface area (Å²) in [6.07, 6.45) is 6.01. The van der Waals surface area contributed by atoms with Crippen molar-refractivity contribution in [2.75, 3.05) is 0 Å². The molecule has 1 saturated carbocycles. The summed E-state index contributed by atoms with van der Waals surface area (Å²) in [5.74, 6) is -0.123.